The highest BCUT2D eigenvalue weighted by Gasteiger charge is 2.08. The van der Waals surface area contributed by atoms with E-state index in [9.17, 15) is 4.79 Å². The molecule has 25 heavy (non-hydrogen) atoms. The number of halogens is 1. The van der Waals surface area contributed by atoms with Crippen LogP contribution in [0, 0.1) is 0 Å². The molecule has 2 aromatic rings. The second kappa shape index (κ2) is 9.05. The molecule has 0 radical (unpaired) electrons. The molecular formula is C18H18ClN3O2S. The van der Waals surface area contributed by atoms with Crippen molar-refractivity contribution in [2.24, 2.45) is 0 Å². The minimum atomic E-state index is -0.568. The third-order valence-electron chi connectivity index (χ3n) is 3.07. The Morgan fingerprint density at radius 1 is 1.16 bits per heavy atom. The van der Waals surface area contributed by atoms with Crippen molar-refractivity contribution in [1.29, 1.82) is 0 Å². The number of rotatable bonds is 5. The number of nitrogens with one attached hydrogen (secondary N) is 2. The van der Waals surface area contributed by atoms with Gasteiger partial charge in [0.2, 0.25) is 0 Å². The van der Waals surface area contributed by atoms with Gasteiger partial charge in [-0.15, -0.1) is 0 Å². The van der Waals surface area contributed by atoms with E-state index < -0.39 is 6.09 Å². The lowest BCUT2D eigenvalue weighted by atomic mass is 10.3. The van der Waals surface area contributed by atoms with Crippen LogP contribution in [0.5, 0.6) is 5.75 Å². The summed E-state index contributed by atoms with van der Waals surface area (Å²) in [5.41, 5.74) is 1.35. The number of anilines is 2. The molecule has 0 spiro atoms. The van der Waals surface area contributed by atoms with Gasteiger partial charge in [0.05, 0.1) is 6.54 Å². The third-order valence-corrected chi connectivity index (χ3v) is 3.60. The van der Waals surface area contributed by atoms with Gasteiger partial charge in [0.25, 0.3) is 0 Å². The lowest BCUT2D eigenvalue weighted by molar-refractivity contribution is 0.215. The monoisotopic (exact) mass is 375 g/mol. The molecule has 1 amide bonds. The predicted octanol–water partition coefficient (Wildman–Crippen LogP) is 4.68. The SMILES string of the molecule is C=C(Cl)CN(C)C(=S)Nc1cccc(OC(=O)Nc2ccccc2)c1. The van der Waals surface area contributed by atoms with Gasteiger partial charge >= 0.3 is 6.09 Å². The highest BCUT2D eigenvalue weighted by molar-refractivity contribution is 7.80. The van der Waals surface area contributed by atoms with Crippen LogP contribution in [-0.4, -0.2) is 29.7 Å². The van der Waals surface area contributed by atoms with E-state index in [-0.39, 0.29) is 0 Å². The molecule has 0 atom stereocenters. The summed E-state index contributed by atoms with van der Waals surface area (Å²) in [6, 6.07) is 16.0. The Labute approximate surface area is 157 Å². The number of likely N-dealkylation sites (N-methyl/N-ethyl adjacent to an activating group) is 1. The van der Waals surface area contributed by atoms with Crippen LogP contribution in [-0.2, 0) is 0 Å². The fraction of sp³-hybridized carbons (Fsp3) is 0.111. The summed E-state index contributed by atoms with van der Waals surface area (Å²) < 4.78 is 5.28. The number of ether oxygens (including phenoxy) is 1. The summed E-state index contributed by atoms with van der Waals surface area (Å²) in [4.78, 5) is 13.7. The predicted molar refractivity (Wildman–Crippen MR) is 106 cm³/mol. The molecule has 0 aromatic heterocycles. The summed E-state index contributed by atoms with van der Waals surface area (Å²) in [5, 5.41) is 6.67. The third kappa shape index (κ3) is 6.45. The molecule has 0 saturated heterocycles. The van der Waals surface area contributed by atoms with Gasteiger partial charge in [-0.1, -0.05) is 42.4 Å². The van der Waals surface area contributed by atoms with Crippen LogP contribution in [0.4, 0.5) is 16.2 Å². The standard InChI is InChI=1S/C18H18ClN3O2S/c1-13(19)12-22(2)17(25)20-15-9-6-10-16(11-15)24-18(23)21-14-7-4-3-5-8-14/h3-11H,1,12H2,2H3,(H,20,25)(H,21,23). The molecule has 0 aliphatic carbocycles. The number of carbonyl (C=O) groups excluding carboxylic acids is 1. The molecule has 2 aromatic carbocycles. The van der Waals surface area contributed by atoms with E-state index >= 15 is 0 Å². The fourth-order valence-electron chi connectivity index (χ4n) is 1.96. The Bertz CT molecular complexity index is 768. The van der Waals surface area contributed by atoms with Crippen molar-refractivity contribution in [3.05, 3.63) is 66.2 Å². The van der Waals surface area contributed by atoms with Crippen molar-refractivity contribution in [2.75, 3.05) is 24.2 Å². The topological polar surface area (TPSA) is 53.6 Å². The molecule has 130 valence electrons. The Kier molecular flexibility index (Phi) is 6.80. The van der Waals surface area contributed by atoms with Crippen molar-refractivity contribution in [2.45, 2.75) is 0 Å². The van der Waals surface area contributed by atoms with E-state index in [1.807, 2.05) is 24.3 Å². The number of para-hydroxylation sites is 1. The summed E-state index contributed by atoms with van der Waals surface area (Å²) in [5.74, 6) is 0.394. The first-order valence-electron chi connectivity index (χ1n) is 7.43. The number of carbonyl (C=O) groups is 1. The van der Waals surface area contributed by atoms with Crippen LogP contribution >= 0.6 is 23.8 Å². The number of nitrogens with zero attached hydrogens (tertiary/aromatic N) is 1. The highest BCUT2D eigenvalue weighted by Crippen LogP contribution is 2.19. The largest absolute Gasteiger partial charge is 0.417 e. The highest BCUT2D eigenvalue weighted by atomic mass is 35.5. The van der Waals surface area contributed by atoms with Gasteiger partial charge in [-0.2, -0.15) is 0 Å². The summed E-state index contributed by atoms with van der Waals surface area (Å²) in [6.07, 6.45) is -0.568. The van der Waals surface area contributed by atoms with Crippen LogP contribution in [0.1, 0.15) is 0 Å². The van der Waals surface area contributed by atoms with E-state index in [0.717, 1.165) is 0 Å². The Morgan fingerprint density at radius 3 is 2.52 bits per heavy atom. The van der Waals surface area contributed by atoms with Gasteiger partial charge in [0.15, 0.2) is 5.11 Å². The maximum atomic E-state index is 11.9. The molecule has 0 aliphatic heterocycles. The van der Waals surface area contributed by atoms with Crippen LogP contribution in [0.3, 0.4) is 0 Å². The average Bonchev–Trinajstić information content (AvgIpc) is 2.55. The van der Waals surface area contributed by atoms with Gasteiger partial charge in [0.1, 0.15) is 5.75 Å². The molecule has 0 fully saturated rings. The van der Waals surface area contributed by atoms with Crippen LogP contribution in [0.25, 0.3) is 0 Å². The maximum absolute atomic E-state index is 11.9. The summed E-state index contributed by atoms with van der Waals surface area (Å²) in [7, 11) is 1.80. The van der Waals surface area contributed by atoms with Crippen molar-refractivity contribution < 1.29 is 9.53 Å². The normalized spacial score (nSPS) is 9.84. The minimum Gasteiger partial charge on any atom is -0.410 e. The van der Waals surface area contributed by atoms with Crippen molar-refractivity contribution in [1.82, 2.24) is 4.90 Å². The zero-order valence-electron chi connectivity index (χ0n) is 13.7. The smallest absolute Gasteiger partial charge is 0.410 e. The van der Waals surface area contributed by atoms with E-state index in [1.54, 1.807) is 42.3 Å². The maximum Gasteiger partial charge on any atom is 0.417 e. The molecule has 5 nitrogen and oxygen atoms in total. The molecular weight excluding hydrogens is 358 g/mol. The first-order chi connectivity index (χ1) is 11.9. The number of hydrogen-bond acceptors (Lipinski definition) is 3. The molecule has 2 N–H and O–H groups in total. The number of hydrogen-bond donors (Lipinski definition) is 2. The lowest BCUT2D eigenvalue weighted by Gasteiger charge is -2.20. The van der Waals surface area contributed by atoms with E-state index in [2.05, 4.69) is 17.2 Å². The molecule has 0 aliphatic rings. The Morgan fingerprint density at radius 2 is 1.84 bits per heavy atom. The van der Waals surface area contributed by atoms with Gasteiger partial charge in [-0.3, -0.25) is 5.32 Å². The average molecular weight is 376 g/mol. The quantitative estimate of drug-likeness (QED) is 0.743. The second-order valence-corrected chi connectivity index (χ2v) is 6.13. The summed E-state index contributed by atoms with van der Waals surface area (Å²) in [6.45, 7) is 4.07. The first-order valence-corrected chi connectivity index (χ1v) is 8.22. The van der Waals surface area contributed by atoms with Gasteiger partial charge in [-0.05, 0) is 36.5 Å². The number of thiocarbonyl (C=S) groups is 1. The lowest BCUT2D eigenvalue weighted by Crippen LogP contribution is -2.31. The number of amides is 1. The number of benzene rings is 2. The Hall–Kier alpha value is -2.57. The van der Waals surface area contributed by atoms with Gasteiger partial charge < -0.3 is 15.0 Å². The second-order valence-electron chi connectivity index (χ2n) is 5.21. The Balaban J connectivity index is 1.95. The zero-order chi connectivity index (χ0) is 18.2. The molecule has 0 unspecified atom stereocenters. The van der Waals surface area contributed by atoms with Crippen LogP contribution in [0.15, 0.2) is 66.2 Å². The molecule has 2 rings (SSSR count). The first kappa shape index (κ1) is 18.8. The van der Waals surface area contributed by atoms with Crippen LogP contribution in [0.2, 0.25) is 0 Å². The van der Waals surface area contributed by atoms with Crippen molar-refractivity contribution in [3.63, 3.8) is 0 Å². The summed E-state index contributed by atoms with van der Waals surface area (Å²) >= 11 is 11.1. The van der Waals surface area contributed by atoms with E-state index in [1.165, 1.54) is 0 Å². The molecule has 7 heteroatoms. The van der Waals surface area contributed by atoms with E-state index in [0.29, 0.717) is 33.8 Å². The van der Waals surface area contributed by atoms with Crippen molar-refractivity contribution in [3.8, 4) is 5.75 Å². The molecule has 0 bridgehead atoms. The van der Waals surface area contributed by atoms with Gasteiger partial charge in [-0.25, -0.2) is 4.79 Å². The van der Waals surface area contributed by atoms with Crippen LogP contribution < -0.4 is 15.4 Å². The fourth-order valence-corrected chi connectivity index (χ4v) is 2.32. The van der Waals surface area contributed by atoms with E-state index in [4.69, 9.17) is 28.6 Å². The molecule has 0 heterocycles. The zero-order valence-corrected chi connectivity index (χ0v) is 15.2. The van der Waals surface area contributed by atoms with Crippen molar-refractivity contribution >= 4 is 46.4 Å². The van der Waals surface area contributed by atoms with Gasteiger partial charge in [0, 0.05) is 29.5 Å². The minimum absolute atomic E-state index is 0.394. The molecule has 0 saturated carbocycles.